The summed E-state index contributed by atoms with van der Waals surface area (Å²) in [4.78, 5) is 0. The van der Waals surface area contributed by atoms with Crippen LogP contribution in [0.4, 0.5) is 0 Å². The first-order chi connectivity index (χ1) is 8.00. The minimum atomic E-state index is -3.16. The zero-order valence-electron chi connectivity index (χ0n) is 10.9. The van der Waals surface area contributed by atoms with E-state index < -0.39 is 10.0 Å². The highest BCUT2D eigenvalue weighted by atomic mass is 32.2. The lowest BCUT2D eigenvalue weighted by Gasteiger charge is -2.20. The predicted octanol–water partition coefficient (Wildman–Crippen LogP) is 1.50. The first-order valence-electron chi connectivity index (χ1n) is 6.61. The number of sulfonamides is 1. The Balaban J connectivity index is 2.43. The van der Waals surface area contributed by atoms with Gasteiger partial charge in [-0.3, -0.25) is 0 Å². The van der Waals surface area contributed by atoms with Crippen LogP contribution in [0.5, 0.6) is 0 Å². The average molecular weight is 263 g/mol. The van der Waals surface area contributed by atoms with Gasteiger partial charge < -0.3 is 5.11 Å². The van der Waals surface area contributed by atoms with Gasteiger partial charge in [0, 0.05) is 12.6 Å². The first kappa shape index (κ1) is 14.9. The Hall–Kier alpha value is -0.130. The van der Waals surface area contributed by atoms with E-state index in [1.807, 2.05) is 0 Å². The van der Waals surface area contributed by atoms with Crippen molar-refractivity contribution in [2.75, 3.05) is 12.4 Å². The van der Waals surface area contributed by atoms with E-state index in [1.54, 1.807) is 0 Å². The molecule has 3 atom stereocenters. The second-order valence-electron chi connectivity index (χ2n) is 5.08. The normalized spacial score (nSPS) is 29.7. The zero-order chi connectivity index (χ0) is 12.9. The van der Waals surface area contributed by atoms with Crippen molar-refractivity contribution in [1.29, 1.82) is 0 Å². The average Bonchev–Trinajstić information content (AvgIpc) is 2.60. The molecule has 102 valence electrons. The summed E-state index contributed by atoms with van der Waals surface area (Å²) in [5.41, 5.74) is 0. The number of aliphatic hydroxyl groups is 1. The van der Waals surface area contributed by atoms with Crippen molar-refractivity contribution < 1.29 is 13.5 Å². The van der Waals surface area contributed by atoms with E-state index in [4.69, 9.17) is 5.11 Å². The van der Waals surface area contributed by atoms with E-state index in [0.29, 0.717) is 24.7 Å². The fourth-order valence-electron chi connectivity index (χ4n) is 2.68. The number of nitrogens with one attached hydrogen (secondary N) is 1. The summed E-state index contributed by atoms with van der Waals surface area (Å²) in [6.07, 6.45) is 4.30. The summed E-state index contributed by atoms with van der Waals surface area (Å²) in [6, 6.07) is 0.110. The van der Waals surface area contributed by atoms with Crippen LogP contribution in [0.2, 0.25) is 0 Å². The van der Waals surface area contributed by atoms with Crippen molar-refractivity contribution in [3.8, 4) is 0 Å². The highest BCUT2D eigenvalue weighted by molar-refractivity contribution is 7.89. The van der Waals surface area contributed by atoms with Crippen LogP contribution in [0, 0.1) is 11.8 Å². The minimum Gasteiger partial charge on any atom is -0.396 e. The fourth-order valence-corrected chi connectivity index (χ4v) is 4.18. The molecular weight excluding hydrogens is 238 g/mol. The molecular formula is C12H25NO3S. The molecule has 1 rings (SSSR count). The predicted molar refractivity (Wildman–Crippen MR) is 69.2 cm³/mol. The van der Waals surface area contributed by atoms with E-state index in [0.717, 1.165) is 19.3 Å². The Morgan fingerprint density at radius 3 is 2.53 bits per heavy atom. The van der Waals surface area contributed by atoms with E-state index >= 15 is 0 Å². The van der Waals surface area contributed by atoms with Gasteiger partial charge in [-0.1, -0.05) is 20.3 Å². The Morgan fingerprint density at radius 2 is 2.00 bits per heavy atom. The third-order valence-corrected chi connectivity index (χ3v) is 5.39. The second-order valence-corrected chi connectivity index (χ2v) is 6.95. The van der Waals surface area contributed by atoms with Crippen molar-refractivity contribution >= 4 is 10.0 Å². The van der Waals surface area contributed by atoms with Crippen LogP contribution < -0.4 is 4.72 Å². The molecule has 0 aromatic rings. The Bertz CT molecular complexity index is 316. The molecule has 2 N–H and O–H groups in total. The highest BCUT2D eigenvalue weighted by Crippen LogP contribution is 2.34. The molecule has 0 aromatic carbocycles. The molecule has 0 amide bonds. The van der Waals surface area contributed by atoms with E-state index in [2.05, 4.69) is 18.6 Å². The standard InChI is InChI=1S/C12H25NO3S/c1-3-11-6-7-12(10(11)2)13-17(15,16)9-5-4-8-14/h10-14H,3-9H2,1-2H3. The molecule has 1 fully saturated rings. The number of unbranched alkanes of at least 4 members (excludes halogenated alkanes) is 1. The van der Waals surface area contributed by atoms with Gasteiger partial charge in [0.15, 0.2) is 0 Å². The minimum absolute atomic E-state index is 0.0628. The quantitative estimate of drug-likeness (QED) is 0.684. The van der Waals surface area contributed by atoms with Crippen LogP contribution in [0.1, 0.15) is 46.0 Å². The summed E-state index contributed by atoms with van der Waals surface area (Å²) < 4.78 is 26.4. The molecule has 1 aliphatic rings. The Labute approximate surface area is 105 Å². The number of hydrogen-bond donors (Lipinski definition) is 2. The first-order valence-corrected chi connectivity index (χ1v) is 8.26. The molecule has 0 bridgehead atoms. The maximum absolute atomic E-state index is 11.8. The molecule has 5 heteroatoms. The molecule has 0 heterocycles. The van der Waals surface area contributed by atoms with Crippen molar-refractivity contribution in [1.82, 2.24) is 4.72 Å². The van der Waals surface area contributed by atoms with Gasteiger partial charge in [-0.2, -0.15) is 0 Å². The van der Waals surface area contributed by atoms with Gasteiger partial charge in [0.25, 0.3) is 0 Å². The van der Waals surface area contributed by atoms with Crippen LogP contribution in [0.3, 0.4) is 0 Å². The monoisotopic (exact) mass is 263 g/mol. The number of hydrogen-bond acceptors (Lipinski definition) is 3. The molecule has 17 heavy (non-hydrogen) atoms. The van der Waals surface area contributed by atoms with Gasteiger partial charge in [-0.15, -0.1) is 0 Å². The molecule has 0 saturated heterocycles. The summed E-state index contributed by atoms with van der Waals surface area (Å²) in [6.45, 7) is 4.37. The third-order valence-electron chi connectivity index (χ3n) is 3.90. The lowest BCUT2D eigenvalue weighted by atomic mass is 9.94. The van der Waals surface area contributed by atoms with Crippen LogP contribution in [0.25, 0.3) is 0 Å². The molecule has 0 radical (unpaired) electrons. The number of aliphatic hydroxyl groups excluding tert-OH is 1. The molecule has 4 nitrogen and oxygen atoms in total. The lowest BCUT2D eigenvalue weighted by molar-refractivity contribution is 0.287. The van der Waals surface area contributed by atoms with Gasteiger partial charge in [0.05, 0.1) is 5.75 Å². The van der Waals surface area contributed by atoms with Crippen molar-refractivity contribution in [2.24, 2.45) is 11.8 Å². The third kappa shape index (κ3) is 4.56. The van der Waals surface area contributed by atoms with E-state index in [1.165, 1.54) is 0 Å². The maximum Gasteiger partial charge on any atom is 0.211 e. The summed E-state index contributed by atoms with van der Waals surface area (Å²) >= 11 is 0. The molecule has 0 spiro atoms. The second kappa shape index (κ2) is 6.71. The van der Waals surface area contributed by atoms with Crippen molar-refractivity contribution in [3.05, 3.63) is 0 Å². The molecule has 0 aromatic heterocycles. The van der Waals surface area contributed by atoms with Crippen LogP contribution >= 0.6 is 0 Å². The SMILES string of the molecule is CCC1CCC(NS(=O)(=O)CCCCO)C1C. The summed E-state index contributed by atoms with van der Waals surface area (Å²) in [5.74, 6) is 1.22. The van der Waals surface area contributed by atoms with Gasteiger partial charge in [0.1, 0.15) is 0 Å². The highest BCUT2D eigenvalue weighted by Gasteiger charge is 2.33. The van der Waals surface area contributed by atoms with Gasteiger partial charge >= 0.3 is 0 Å². The summed E-state index contributed by atoms with van der Waals surface area (Å²) in [7, 11) is -3.16. The molecule has 1 aliphatic carbocycles. The van der Waals surface area contributed by atoms with Crippen LogP contribution in [0.15, 0.2) is 0 Å². The maximum atomic E-state index is 11.8. The number of rotatable bonds is 7. The lowest BCUT2D eigenvalue weighted by Crippen LogP contribution is -2.38. The molecule has 1 saturated carbocycles. The Morgan fingerprint density at radius 1 is 1.29 bits per heavy atom. The van der Waals surface area contributed by atoms with E-state index in [9.17, 15) is 8.42 Å². The van der Waals surface area contributed by atoms with Crippen molar-refractivity contribution in [2.45, 2.75) is 52.0 Å². The van der Waals surface area contributed by atoms with Gasteiger partial charge in [-0.05, 0) is 37.5 Å². The van der Waals surface area contributed by atoms with Gasteiger partial charge in [0.2, 0.25) is 10.0 Å². The zero-order valence-corrected chi connectivity index (χ0v) is 11.7. The molecule has 0 aliphatic heterocycles. The fraction of sp³-hybridized carbons (Fsp3) is 1.00. The Kier molecular flexibility index (Phi) is 5.89. The largest absolute Gasteiger partial charge is 0.396 e. The van der Waals surface area contributed by atoms with E-state index in [-0.39, 0.29) is 18.4 Å². The van der Waals surface area contributed by atoms with Crippen LogP contribution in [-0.2, 0) is 10.0 Å². The van der Waals surface area contributed by atoms with Crippen LogP contribution in [-0.4, -0.2) is 31.9 Å². The van der Waals surface area contributed by atoms with Gasteiger partial charge in [-0.25, -0.2) is 13.1 Å². The van der Waals surface area contributed by atoms with Crippen molar-refractivity contribution in [3.63, 3.8) is 0 Å². The summed E-state index contributed by atoms with van der Waals surface area (Å²) in [5, 5.41) is 8.64. The molecule has 3 unspecified atom stereocenters. The smallest absolute Gasteiger partial charge is 0.211 e. The topological polar surface area (TPSA) is 66.4 Å².